The fraction of sp³-hybridized carbons (Fsp3) is 0.550. The summed E-state index contributed by atoms with van der Waals surface area (Å²) in [5, 5.41) is 14.9. The lowest BCUT2D eigenvalue weighted by Crippen LogP contribution is -2.40. The van der Waals surface area contributed by atoms with Crippen LogP contribution in [0.1, 0.15) is 50.7 Å². The molecule has 0 fully saturated rings. The molecule has 7 heteroatoms. The van der Waals surface area contributed by atoms with Crippen LogP contribution in [0.3, 0.4) is 0 Å². The van der Waals surface area contributed by atoms with Gasteiger partial charge in [0.25, 0.3) is 0 Å². The van der Waals surface area contributed by atoms with Crippen LogP contribution in [0.4, 0.5) is 0 Å². The Labute approximate surface area is 180 Å². The maximum absolute atomic E-state index is 4.33. The third kappa shape index (κ3) is 7.48. The Morgan fingerprint density at radius 1 is 1.19 bits per heavy atom. The first-order valence-corrected chi connectivity index (χ1v) is 9.46. The third-order valence-electron chi connectivity index (χ3n) is 4.36. The van der Waals surface area contributed by atoms with Crippen LogP contribution in [0, 0.1) is 5.92 Å². The topological polar surface area (TPSA) is 67.1 Å². The van der Waals surface area contributed by atoms with Crippen LogP contribution in [0.5, 0.6) is 0 Å². The molecule has 6 nitrogen and oxygen atoms in total. The number of hydrogen-bond donors (Lipinski definition) is 2. The van der Waals surface area contributed by atoms with E-state index in [-0.39, 0.29) is 30.0 Å². The van der Waals surface area contributed by atoms with Crippen molar-refractivity contribution >= 4 is 29.9 Å². The molecule has 1 unspecified atom stereocenters. The van der Waals surface area contributed by atoms with E-state index in [2.05, 4.69) is 82.4 Å². The highest BCUT2D eigenvalue weighted by Crippen LogP contribution is 2.15. The quantitative estimate of drug-likeness (QED) is 0.342. The summed E-state index contributed by atoms with van der Waals surface area (Å²) in [4.78, 5) is 4.33. The number of rotatable bonds is 8. The summed E-state index contributed by atoms with van der Waals surface area (Å²) >= 11 is 0. The van der Waals surface area contributed by atoms with Gasteiger partial charge in [0.2, 0.25) is 0 Å². The lowest BCUT2D eigenvalue weighted by Gasteiger charge is -2.19. The molecule has 0 aliphatic carbocycles. The highest BCUT2D eigenvalue weighted by molar-refractivity contribution is 14.0. The van der Waals surface area contributed by atoms with E-state index in [9.17, 15) is 0 Å². The molecule has 0 aliphatic rings. The Balaban J connectivity index is 0.00000364. The Bertz CT molecular complexity index is 693. The average molecular weight is 484 g/mol. The van der Waals surface area contributed by atoms with Crippen LogP contribution >= 0.6 is 24.0 Å². The van der Waals surface area contributed by atoms with E-state index in [0.717, 1.165) is 37.7 Å². The van der Waals surface area contributed by atoms with Gasteiger partial charge < -0.3 is 15.2 Å². The lowest BCUT2D eigenvalue weighted by atomic mass is 10.00. The number of nitrogens with zero attached hydrogens (tertiary/aromatic N) is 4. The summed E-state index contributed by atoms with van der Waals surface area (Å²) in [7, 11) is 1.80. The van der Waals surface area contributed by atoms with Crippen molar-refractivity contribution in [3.63, 3.8) is 0 Å². The van der Waals surface area contributed by atoms with Gasteiger partial charge >= 0.3 is 0 Å². The standard InChI is InChI=1S/C20H32N6.HI/c1-6-19-25-23-14-26(19)12-11-22-20(21-5)24-16(4)18-9-7-17(8-10-18)13-15(2)3;/h7-10,14-16H,6,11-13H2,1-5H3,(H2,21,22,24);1H. The molecule has 1 atom stereocenters. The van der Waals surface area contributed by atoms with E-state index in [1.165, 1.54) is 11.1 Å². The second-order valence-electron chi connectivity index (χ2n) is 7.00. The van der Waals surface area contributed by atoms with E-state index < -0.39 is 0 Å². The molecule has 1 heterocycles. The molecule has 150 valence electrons. The molecule has 0 radical (unpaired) electrons. The van der Waals surface area contributed by atoms with Crippen molar-refractivity contribution < 1.29 is 0 Å². The summed E-state index contributed by atoms with van der Waals surface area (Å²) in [5.41, 5.74) is 2.65. The molecular formula is C20H33IN6. The number of guanidine groups is 1. The van der Waals surface area contributed by atoms with Gasteiger partial charge in [-0.15, -0.1) is 34.2 Å². The molecule has 27 heavy (non-hydrogen) atoms. The molecule has 1 aromatic carbocycles. The minimum absolute atomic E-state index is 0. The molecule has 0 bridgehead atoms. The Hall–Kier alpha value is -1.64. The van der Waals surface area contributed by atoms with E-state index in [0.29, 0.717) is 5.92 Å². The summed E-state index contributed by atoms with van der Waals surface area (Å²) < 4.78 is 2.07. The number of benzene rings is 1. The average Bonchev–Trinajstić information content (AvgIpc) is 3.08. The predicted molar refractivity (Wildman–Crippen MR) is 123 cm³/mol. The minimum Gasteiger partial charge on any atom is -0.355 e. The largest absolute Gasteiger partial charge is 0.355 e. The van der Waals surface area contributed by atoms with Gasteiger partial charge in [-0.3, -0.25) is 4.99 Å². The van der Waals surface area contributed by atoms with Crippen molar-refractivity contribution in [3.8, 4) is 0 Å². The van der Waals surface area contributed by atoms with E-state index >= 15 is 0 Å². The molecule has 0 saturated heterocycles. The van der Waals surface area contributed by atoms with Gasteiger partial charge in [0, 0.05) is 26.6 Å². The lowest BCUT2D eigenvalue weighted by molar-refractivity contribution is 0.620. The van der Waals surface area contributed by atoms with E-state index in [1.807, 2.05) is 0 Å². The first-order chi connectivity index (χ1) is 12.5. The van der Waals surface area contributed by atoms with Gasteiger partial charge in [0.15, 0.2) is 5.96 Å². The van der Waals surface area contributed by atoms with Crippen LogP contribution in [0.2, 0.25) is 0 Å². The predicted octanol–water partition coefficient (Wildman–Crippen LogP) is 3.58. The zero-order valence-corrected chi connectivity index (χ0v) is 19.4. The third-order valence-corrected chi connectivity index (χ3v) is 4.36. The molecular weight excluding hydrogens is 451 g/mol. The number of halogens is 1. The fourth-order valence-electron chi connectivity index (χ4n) is 2.93. The minimum atomic E-state index is 0. The van der Waals surface area contributed by atoms with Crippen LogP contribution in [-0.2, 0) is 19.4 Å². The van der Waals surface area contributed by atoms with Crippen molar-refractivity contribution in [1.29, 1.82) is 0 Å². The van der Waals surface area contributed by atoms with Gasteiger partial charge in [-0.2, -0.15) is 0 Å². The molecule has 0 spiro atoms. The molecule has 0 aliphatic heterocycles. The summed E-state index contributed by atoms with van der Waals surface area (Å²) in [5.74, 6) is 2.48. The number of aryl methyl sites for hydroxylation is 1. The van der Waals surface area contributed by atoms with Gasteiger partial charge in [-0.1, -0.05) is 45.0 Å². The normalized spacial score (nSPS) is 12.6. The van der Waals surface area contributed by atoms with E-state index in [1.54, 1.807) is 13.4 Å². The van der Waals surface area contributed by atoms with Crippen molar-refractivity contribution in [1.82, 2.24) is 25.4 Å². The molecule has 0 saturated carbocycles. The number of aromatic nitrogens is 3. The van der Waals surface area contributed by atoms with Crippen molar-refractivity contribution in [2.24, 2.45) is 10.9 Å². The van der Waals surface area contributed by atoms with Gasteiger partial charge in [-0.25, -0.2) is 0 Å². The van der Waals surface area contributed by atoms with E-state index in [4.69, 9.17) is 0 Å². The van der Waals surface area contributed by atoms with Crippen LogP contribution in [0.15, 0.2) is 35.6 Å². The van der Waals surface area contributed by atoms with Crippen LogP contribution in [-0.4, -0.2) is 34.3 Å². The molecule has 2 N–H and O–H groups in total. The van der Waals surface area contributed by atoms with Crippen LogP contribution in [0.25, 0.3) is 0 Å². The van der Waals surface area contributed by atoms with Gasteiger partial charge in [0.05, 0.1) is 6.04 Å². The highest BCUT2D eigenvalue weighted by atomic mass is 127. The molecule has 2 aromatic rings. The Kier molecular flexibility index (Phi) is 10.4. The maximum Gasteiger partial charge on any atom is 0.191 e. The summed E-state index contributed by atoms with van der Waals surface area (Å²) in [6.07, 6.45) is 3.78. The maximum atomic E-state index is 4.33. The molecule has 0 amide bonds. The molecule has 1 aromatic heterocycles. The van der Waals surface area contributed by atoms with Gasteiger partial charge in [-0.05, 0) is 30.4 Å². The number of nitrogens with one attached hydrogen (secondary N) is 2. The van der Waals surface area contributed by atoms with Crippen molar-refractivity contribution in [3.05, 3.63) is 47.5 Å². The highest BCUT2D eigenvalue weighted by Gasteiger charge is 2.08. The zero-order valence-electron chi connectivity index (χ0n) is 17.1. The summed E-state index contributed by atoms with van der Waals surface area (Å²) in [6.45, 7) is 10.3. The second kappa shape index (κ2) is 11.9. The number of hydrogen-bond acceptors (Lipinski definition) is 3. The Morgan fingerprint density at radius 2 is 1.89 bits per heavy atom. The second-order valence-corrected chi connectivity index (χ2v) is 7.00. The SMILES string of the molecule is CCc1nncn1CCNC(=NC)NC(C)c1ccc(CC(C)C)cc1.I. The first-order valence-electron chi connectivity index (χ1n) is 9.46. The zero-order chi connectivity index (χ0) is 18.9. The van der Waals surface area contributed by atoms with Crippen molar-refractivity contribution in [2.45, 2.75) is 53.1 Å². The van der Waals surface area contributed by atoms with Crippen LogP contribution < -0.4 is 10.6 Å². The molecule has 2 rings (SSSR count). The monoisotopic (exact) mass is 484 g/mol. The fourth-order valence-corrected chi connectivity index (χ4v) is 2.93. The number of aliphatic imine (C=N–C) groups is 1. The smallest absolute Gasteiger partial charge is 0.191 e. The van der Waals surface area contributed by atoms with Gasteiger partial charge in [0.1, 0.15) is 12.2 Å². The first kappa shape index (κ1) is 23.4. The summed E-state index contributed by atoms with van der Waals surface area (Å²) in [6, 6.07) is 9.04. The van der Waals surface area contributed by atoms with Crippen molar-refractivity contribution in [2.75, 3.05) is 13.6 Å². The Morgan fingerprint density at radius 3 is 2.48 bits per heavy atom.